The summed E-state index contributed by atoms with van der Waals surface area (Å²) in [6.07, 6.45) is 0.256. The molecule has 4 nitrogen and oxygen atoms in total. The van der Waals surface area contributed by atoms with E-state index in [0.29, 0.717) is 6.61 Å². The van der Waals surface area contributed by atoms with Crippen LogP contribution in [0.1, 0.15) is 45.2 Å². The molecule has 0 radical (unpaired) electrons. The molecule has 1 aromatic rings. The van der Waals surface area contributed by atoms with Crippen LogP contribution in [0, 0.1) is 13.8 Å². The molecule has 21 heavy (non-hydrogen) atoms. The van der Waals surface area contributed by atoms with Crippen molar-refractivity contribution in [3.63, 3.8) is 0 Å². The maximum atomic E-state index is 11.9. The summed E-state index contributed by atoms with van der Waals surface area (Å²) >= 11 is 0. The molecule has 0 atom stereocenters. The molecule has 0 aliphatic heterocycles. The van der Waals surface area contributed by atoms with Gasteiger partial charge in [-0.3, -0.25) is 4.79 Å². The molecule has 118 valence electrons. The Morgan fingerprint density at radius 2 is 1.67 bits per heavy atom. The molecular weight excluding hydrogens is 266 g/mol. The third-order valence-electron chi connectivity index (χ3n) is 3.77. The van der Waals surface area contributed by atoms with Crippen molar-refractivity contribution >= 4 is 5.91 Å². The van der Waals surface area contributed by atoms with Gasteiger partial charge in [0.05, 0.1) is 24.2 Å². The fourth-order valence-electron chi connectivity index (χ4n) is 1.84. The van der Waals surface area contributed by atoms with Crippen LogP contribution in [0.5, 0.6) is 5.75 Å². The van der Waals surface area contributed by atoms with Crippen molar-refractivity contribution in [2.24, 2.45) is 0 Å². The van der Waals surface area contributed by atoms with E-state index in [1.165, 1.54) is 0 Å². The number of hydrogen-bond acceptors (Lipinski definition) is 3. The number of hydrogen-bond donors (Lipinski definition) is 2. The number of amides is 1. The molecule has 1 amide bonds. The number of carbonyl (C=O) groups excluding carboxylic acids is 1. The molecule has 0 fully saturated rings. The lowest BCUT2D eigenvalue weighted by Crippen LogP contribution is -2.57. The third-order valence-corrected chi connectivity index (χ3v) is 3.77. The van der Waals surface area contributed by atoms with E-state index in [1.54, 1.807) is 27.7 Å². The van der Waals surface area contributed by atoms with Crippen LogP contribution < -0.4 is 10.1 Å². The second-order valence-electron chi connectivity index (χ2n) is 6.65. The van der Waals surface area contributed by atoms with Crippen molar-refractivity contribution in [2.75, 3.05) is 6.61 Å². The highest BCUT2D eigenvalue weighted by Crippen LogP contribution is 2.20. The lowest BCUT2D eigenvalue weighted by Gasteiger charge is -2.38. The molecule has 0 heterocycles. The Labute approximate surface area is 127 Å². The van der Waals surface area contributed by atoms with Crippen LogP contribution >= 0.6 is 0 Å². The normalized spacial score (nSPS) is 12.1. The van der Waals surface area contributed by atoms with E-state index < -0.39 is 11.1 Å². The van der Waals surface area contributed by atoms with E-state index in [9.17, 15) is 9.90 Å². The van der Waals surface area contributed by atoms with Crippen LogP contribution in [0.15, 0.2) is 18.2 Å². The van der Waals surface area contributed by atoms with E-state index in [-0.39, 0.29) is 12.3 Å². The van der Waals surface area contributed by atoms with Crippen LogP contribution in [-0.2, 0) is 4.79 Å². The summed E-state index contributed by atoms with van der Waals surface area (Å²) in [6, 6.07) is 5.97. The highest BCUT2D eigenvalue weighted by Gasteiger charge is 2.36. The van der Waals surface area contributed by atoms with Gasteiger partial charge in [-0.05, 0) is 64.8 Å². The standard InChI is InChI=1S/C17H27NO3/c1-12-9-13(2)11-14(10-12)21-8-7-15(19)18-16(3,4)17(5,6)20/h9-11,20H,7-8H2,1-6H3,(H,18,19). The summed E-state index contributed by atoms with van der Waals surface area (Å²) in [5.74, 6) is 0.647. The minimum absolute atomic E-state index is 0.133. The van der Waals surface area contributed by atoms with E-state index >= 15 is 0 Å². The molecule has 4 heteroatoms. The van der Waals surface area contributed by atoms with Crippen molar-refractivity contribution in [3.05, 3.63) is 29.3 Å². The highest BCUT2D eigenvalue weighted by molar-refractivity contribution is 5.77. The van der Waals surface area contributed by atoms with Gasteiger partial charge in [-0.2, -0.15) is 0 Å². The second kappa shape index (κ2) is 6.48. The van der Waals surface area contributed by atoms with E-state index in [4.69, 9.17) is 4.74 Å². The highest BCUT2D eigenvalue weighted by atomic mass is 16.5. The molecular formula is C17H27NO3. The Balaban J connectivity index is 2.47. The lowest BCUT2D eigenvalue weighted by atomic mass is 9.86. The van der Waals surface area contributed by atoms with Crippen molar-refractivity contribution in [2.45, 2.75) is 59.1 Å². The predicted octanol–water partition coefficient (Wildman–Crippen LogP) is 2.74. The van der Waals surface area contributed by atoms with Crippen LogP contribution in [-0.4, -0.2) is 28.8 Å². The van der Waals surface area contributed by atoms with Gasteiger partial charge in [0.2, 0.25) is 5.91 Å². The minimum atomic E-state index is -0.989. The topological polar surface area (TPSA) is 58.6 Å². The van der Waals surface area contributed by atoms with Gasteiger partial charge in [-0.25, -0.2) is 0 Å². The SMILES string of the molecule is Cc1cc(C)cc(OCCC(=O)NC(C)(C)C(C)(C)O)c1. The van der Waals surface area contributed by atoms with Crippen LogP contribution in [0.25, 0.3) is 0 Å². The molecule has 0 spiro atoms. The Morgan fingerprint density at radius 3 is 2.14 bits per heavy atom. The zero-order chi connectivity index (χ0) is 16.3. The number of aryl methyl sites for hydroxylation is 2. The van der Waals surface area contributed by atoms with Gasteiger partial charge < -0.3 is 15.2 Å². The monoisotopic (exact) mass is 293 g/mol. The summed E-state index contributed by atoms with van der Waals surface area (Å²) in [7, 11) is 0. The smallest absolute Gasteiger partial charge is 0.223 e. The number of aliphatic hydroxyl groups is 1. The van der Waals surface area contributed by atoms with Gasteiger partial charge in [0, 0.05) is 0 Å². The summed E-state index contributed by atoms with van der Waals surface area (Å²) < 4.78 is 5.62. The quantitative estimate of drug-likeness (QED) is 0.848. The van der Waals surface area contributed by atoms with Crippen LogP contribution in [0.2, 0.25) is 0 Å². The summed E-state index contributed by atoms with van der Waals surface area (Å²) in [5, 5.41) is 12.8. The van der Waals surface area contributed by atoms with Crippen LogP contribution in [0.4, 0.5) is 0 Å². The lowest BCUT2D eigenvalue weighted by molar-refractivity contribution is -0.126. The maximum Gasteiger partial charge on any atom is 0.223 e. The van der Waals surface area contributed by atoms with Crippen molar-refractivity contribution in [1.82, 2.24) is 5.32 Å². The number of nitrogens with one attached hydrogen (secondary N) is 1. The second-order valence-corrected chi connectivity index (χ2v) is 6.65. The van der Waals surface area contributed by atoms with E-state index in [0.717, 1.165) is 16.9 Å². The van der Waals surface area contributed by atoms with Gasteiger partial charge in [0.1, 0.15) is 5.75 Å². The predicted molar refractivity (Wildman–Crippen MR) is 84.5 cm³/mol. The van der Waals surface area contributed by atoms with Crippen molar-refractivity contribution in [1.29, 1.82) is 0 Å². The zero-order valence-electron chi connectivity index (χ0n) is 13.9. The van der Waals surface area contributed by atoms with E-state index in [1.807, 2.05) is 26.0 Å². The number of carbonyl (C=O) groups is 1. The van der Waals surface area contributed by atoms with E-state index in [2.05, 4.69) is 11.4 Å². The molecule has 0 aliphatic rings. The van der Waals surface area contributed by atoms with Gasteiger partial charge in [0.25, 0.3) is 0 Å². The number of rotatable bonds is 6. The van der Waals surface area contributed by atoms with Gasteiger partial charge >= 0.3 is 0 Å². The maximum absolute atomic E-state index is 11.9. The fraction of sp³-hybridized carbons (Fsp3) is 0.588. The average Bonchev–Trinajstić information content (AvgIpc) is 2.24. The average molecular weight is 293 g/mol. The molecule has 0 aliphatic carbocycles. The van der Waals surface area contributed by atoms with Gasteiger partial charge in [-0.15, -0.1) is 0 Å². The molecule has 0 saturated heterocycles. The number of ether oxygens (including phenoxy) is 1. The molecule has 0 unspecified atom stereocenters. The summed E-state index contributed by atoms with van der Waals surface area (Å²) in [5.41, 5.74) is 0.594. The first kappa shape index (κ1) is 17.5. The molecule has 0 bridgehead atoms. The van der Waals surface area contributed by atoms with Crippen molar-refractivity contribution in [3.8, 4) is 5.75 Å². The first-order valence-electron chi connectivity index (χ1n) is 7.26. The van der Waals surface area contributed by atoms with Crippen LogP contribution in [0.3, 0.4) is 0 Å². The van der Waals surface area contributed by atoms with Crippen molar-refractivity contribution < 1.29 is 14.6 Å². The fourth-order valence-corrected chi connectivity index (χ4v) is 1.84. The Bertz CT molecular complexity index is 481. The van der Waals surface area contributed by atoms with Gasteiger partial charge in [0.15, 0.2) is 0 Å². The third kappa shape index (κ3) is 5.38. The first-order valence-corrected chi connectivity index (χ1v) is 7.26. The van der Waals surface area contributed by atoms with Gasteiger partial charge in [-0.1, -0.05) is 6.07 Å². The summed E-state index contributed by atoms with van der Waals surface area (Å²) in [6.45, 7) is 11.3. The molecule has 0 aromatic heterocycles. The molecule has 2 N–H and O–H groups in total. The minimum Gasteiger partial charge on any atom is -0.493 e. The largest absolute Gasteiger partial charge is 0.493 e. The molecule has 0 saturated carbocycles. The first-order chi connectivity index (χ1) is 9.51. The summed E-state index contributed by atoms with van der Waals surface area (Å²) in [4.78, 5) is 11.9. The number of benzene rings is 1. The molecule has 1 rings (SSSR count). The Morgan fingerprint density at radius 1 is 1.14 bits per heavy atom. The Kier molecular flexibility index (Phi) is 5.40. The zero-order valence-corrected chi connectivity index (χ0v) is 13.9. The Hall–Kier alpha value is -1.55. The molecule has 1 aromatic carbocycles.